The Morgan fingerprint density at radius 2 is 0.625 bits per heavy atom. The molecule has 40 nitrogen and oxygen atoms in total. The molecule has 144 heavy (non-hydrogen) atoms. The Balaban J connectivity index is 0.000000142. The van der Waals surface area contributed by atoms with Gasteiger partial charge in [0.05, 0.1) is 112 Å². The normalized spacial score (nSPS) is 31.6. The number of fused-ring (bicyclic) bond motifs is 4. The smallest absolute Gasteiger partial charge is 0.191 e. The summed E-state index contributed by atoms with van der Waals surface area (Å²) in [4.78, 5) is 36.6. The molecule has 0 amide bonds. The number of hydrogen-bond acceptors (Lipinski definition) is 40. The Hall–Kier alpha value is -9.52. The van der Waals surface area contributed by atoms with Crippen molar-refractivity contribution in [1.82, 2.24) is 99.8 Å². The molecule has 16 N–H and O–H groups in total. The van der Waals surface area contributed by atoms with Gasteiger partial charge in [-0.1, -0.05) is 144 Å². The first-order valence-corrected chi connectivity index (χ1v) is 51.2. The minimum atomic E-state index is -3.35. The monoisotopic (exact) mass is 2090 g/mol. The van der Waals surface area contributed by atoms with Crippen LogP contribution < -0.4 is 21.3 Å². The molecule has 8 aliphatic carbocycles. The van der Waals surface area contributed by atoms with Crippen LogP contribution in [0.3, 0.4) is 0 Å². The first-order valence-electron chi connectivity index (χ1n) is 54.4. The van der Waals surface area contributed by atoms with Gasteiger partial charge in [0.2, 0.25) is 0 Å². The van der Waals surface area contributed by atoms with E-state index in [0.29, 0.717) is 131 Å². The first-order chi connectivity index (χ1) is 74.5. The molecule has 0 bridgehead atoms. The quantitative estimate of drug-likeness (QED) is 0.00969. The van der Waals surface area contributed by atoms with Crippen molar-refractivity contribution in [2.24, 2.45) is 0 Å². The van der Waals surface area contributed by atoms with Crippen LogP contribution in [0, 0.1) is 51.0 Å². The molecule has 12 aromatic rings. The summed E-state index contributed by atoms with van der Waals surface area (Å²) >= 11 is 5.07. The number of aromatic nitrogens is 20. The lowest BCUT2D eigenvalue weighted by Crippen LogP contribution is -2.33. The predicted molar refractivity (Wildman–Crippen MR) is 530 cm³/mol. The molecule has 8 aromatic heterocycles. The topological polar surface area (TPSA) is 554 Å². The summed E-state index contributed by atoms with van der Waals surface area (Å²) in [5.41, 5.74) is 4.73. The molecular weight excluding hydrogens is 1950 g/mol. The van der Waals surface area contributed by atoms with Crippen LogP contribution in [0.1, 0.15) is 216 Å². The molecule has 20 rings (SSSR count). The van der Waals surface area contributed by atoms with E-state index in [4.69, 9.17) is 43.2 Å². The molecular formula is C96H124F4N24O16S4. The maximum atomic E-state index is 14.2. The summed E-state index contributed by atoms with van der Waals surface area (Å²) in [7, 11) is 0. The van der Waals surface area contributed by atoms with E-state index < -0.39 is 178 Å². The van der Waals surface area contributed by atoms with E-state index in [-0.39, 0.29) is 114 Å². The number of nitrogens with one attached hydrogen (secondary N) is 4. The molecule has 8 saturated carbocycles. The van der Waals surface area contributed by atoms with Crippen LogP contribution in [-0.2, 0) is 18.9 Å². The first kappa shape index (κ1) is 88.6. The lowest BCUT2D eigenvalue weighted by molar-refractivity contribution is -0.0629. The van der Waals surface area contributed by atoms with Gasteiger partial charge < -0.3 is 101 Å². The van der Waals surface area contributed by atoms with Crippen LogP contribution in [0.15, 0.2) is 93.4 Å². The van der Waals surface area contributed by atoms with E-state index in [1.807, 2.05) is 20.8 Å². The van der Waals surface area contributed by atoms with Crippen molar-refractivity contribution in [2.45, 2.75) is 298 Å². The second-order valence-corrected chi connectivity index (χ2v) is 40.1. The van der Waals surface area contributed by atoms with Crippen LogP contribution in [0.4, 0.5) is 40.8 Å². The molecule has 0 aliphatic heterocycles. The molecule has 0 spiro atoms. The SMILES string of the molecule is [2H]C([2H])(CC)Sc1nc(N[C@@H]2C[C@@]2([2H])c2ccc(C)c(F)c2)c2nnn([C@@H]3C[C@H](OCCO)[C@@H](O)[C@H]3O)c2n1.[2H]C([2H])(CO)O[C@H]1C[C@@H](n2nnc3c(N[C@@H]4C[C@@]4([2H])c4ccc(C)c(F)c4)nc(SCCC)nc32)[C@H](O)[C@@H]1O.[2H]C([2H])(O)C([2H])([2H])O[C@H]1C[C@@H](n2nnc3c(N[C@@H]4C[C@@]4([2H])c4ccc(C)c(F)c4)nc(SCCC)nc32)[C@H](O)[C@@H]1O.[2H]C([2H])(O)CO[C@H]1C[C@@H](n2nnc3c(N[C@@H]4C[C@@]4([2H])c4ccc(C)c(F)c4)nc(SCCC)nc32)[C@H](O)[C@@H]1O. The van der Waals surface area contributed by atoms with Crippen LogP contribution in [0.5, 0.6) is 0 Å². The number of thioether (sulfide) groups is 4. The minimum absolute atomic E-state index is 0.00193. The highest BCUT2D eigenvalue weighted by molar-refractivity contribution is 7.99. The number of nitrogens with zero attached hydrogens (tertiary/aromatic N) is 20. The Kier molecular flexibility index (Phi) is 29.1. The predicted octanol–water partition coefficient (Wildman–Crippen LogP) is 8.73. The van der Waals surface area contributed by atoms with E-state index in [9.17, 15) is 73.7 Å². The molecule has 0 unspecified atom stereocenters. The number of anilines is 4. The largest absolute Gasteiger partial charge is 0.394 e. The van der Waals surface area contributed by atoms with Gasteiger partial charge in [-0.15, -0.1) is 20.4 Å². The van der Waals surface area contributed by atoms with E-state index in [1.54, 1.807) is 83.1 Å². The zero-order chi connectivity index (χ0) is 114. The fraction of sp³-hybridized carbons (Fsp3) is 0.583. The molecule has 8 heterocycles. The lowest BCUT2D eigenvalue weighted by Gasteiger charge is -2.17. The Bertz CT molecular complexity index is 7200. The average molecular weight is 2090 g/mol. The number of benzene rings is 4. The van der Waals surface area contributed by atoms with E-state index in [1.165, 1.54) is 78.3 Å². The molecule has 24 atom stereocenters. The highest BCUT2D eigenvalue weighted by Gasteiger charge is 2.51. The minimum Gasteiger partial charge on any atom is -0.394 e. The lowest BCUT2D eigenvalue weighted by atomic mass is 10.1. The van der Waals surface area contributed by atoms with Crippen molar-refractivity contribution in [2.75, 3.05) is 96.9 Å². The van der Waals surface area contributed by atoms with E-state index in [0.717, 1.165) is 42.5 Å². The Morgan fingerprint density at radius 3 is 0.882 bits per heavy atom. The van der Waals surface area contributed by atoms with Crippen molar-refractivity contribution in [3.8, 4) is 0 Å². The van der Waals surface area contributed by atoms with Gasteiger partial charge in [0, 0.05) is 105 Å². The molecule has 48 heteroatoms. The van der Waals surface area contributed by atoms with Gasteiger partial charge in [-0.2, -0.15) is 0 Å². The number of rotatable bonds is 40. The van der Waals surface area contributed by atoms with Gasteiger partial charge in [0.15, 0.2) is 88.6 Å². The summed E-state index contributed by atoms with van der Waals surface area (Å²) in [5.74, 6) is -2.24. The van der Waals surface area contributed by atoms with Gasteiger partial charge in [0.25, 0.3) is 0 Å². The average Bonchev–Trinajstić information content (AvgIpc) is 1.58. The molecule has 776 valence electrons. The summed E-state index contributed by atoms with van der Waals surface area (Å²) in [5, 5.41) is 170. The molecule has 8 aliphatic rings. The third kappa shape index (κ3) is 23.8. The third-order valence-electron chi connectivity index (χ3n) is 26.0. The standard InChI is InChI=1S/4C24H31FN6O4S/c4*1-3-8-36-24-27-22(26-16-10-14(16)13-5-4-12(2)15(25)9-13)19-23(28-24)31(30-29-19)17-11-18(35-7-6-32)21(34)20(17)33/h4*4-5,9,14,16-18,20-21,32-34H,3,6-8,10-11H2,1-2H3,(H,26,27,28)/t4*14-,16+,17+,18-,20-,21+/m0000/s1/i6D2,7D2,14D;8D2,14D;7D2,14D;6D2,14D. The van der Waals surface area contributed by atoms with Gasteiger partial charge in [-0.05, 0) is 148 Å². The number of aryl methyl sites for hydroxylation is 4. The molecule has 8 fully saturated rings. The summed E-state index contributed by atoms with van der Waals surface area (Å²) in [6.45, 7) is 1.15. The number of halogens is 4. The molecule has 0 radical (unpaired) electrons. The maximum absolute atomic E-state index is 14.2. The zero-order valence-corrected chi connectivity index (χ0v) is 82.8. The van der Waals surface area contributed by atoms with Gasteiger partial charge in [0.1, 0.15) is 72.1 Å². The Morgan fingerprint density at radius 1 is 0.347 bits per heavy atom. The zero-order valence-electron chi connectivity index (χ0n) is 93.5. The maximum Gasteiger partial charge on any atom is 0.191 e. The fourth-order valence-electron chi connectivity index (χ4n) is 17.8. The number of aliphatic hydroxyl groups excluding tert-OH is 10. The highest BCUT2D eigenvalue weighted by atomic mass is 32.2. The summed E-state index contributed by atoms with van der Waals surface area (Å²) in [6, 6.07) is 14.3. The van der Waals surface area contributed by atoms with E-state index in [2.05, 4.69) is 102 Å². The van der Waals surface area contributed by atoms with Crippen molar-refractivity contribution in [3.05, 3.63) is 141 Å². The van der Waals surface area contributed by atoms with Crippen molar-refractivity contribution in [3.63, 3.8) is 0 Å². The second kappa shape index (κ2) is 47.3. The number of hydrogen-bond donors (Lipinski definition) is 16. The van der Waals surface area contributed by atoms with Crippen molar-refractivity contribution in [1.29, 1.82) is 0 Å². The van der Waals surface area contributed by atoms with Crippen LogP contribution in [-0.4, -0.2) is 334 Å². The summed E-state index contributed by atoms with van der Waals surface area (Å²) < 4.78 is 195. The van der Waals surface area contributed by atoms with Crippen LogP contribution >= 0.6 is 47.0 Å². The Labute approximate surface area is 863 Å². The number of ether oxygens (including phenoxy) is 4. The van der Waals surface area contributed by atoms with E-state index >= 15 is 0 Å². The van der Waals surface area contributed by atoms with Crippen LogP contribution in [0.2, 0.25) is 0 Å². The molecule has 4 aromatic carbocycles. The summed E-state index contributed by atoms with van der Waals surface area (Å²) in [6.07, 6.45) is -10.6. The molecule has 0 saturated heterocycles. The number of aliphatic hydroxyl groups is 12. The third-order valence-corrected chi connectivity index (χ3v) is 29.9. The van der Waals surface area contributed by atoms with Crippen molar-refractivity contribution >= 4 is 115 Å². The van der Waals surface area contributed by atoms with Gasteiger partial charge >= 0.3 is 0 Å². The van der Waals surface area contributed by atoms with Gasteiger partial charge in [-0.3, -0.25) is 0 Å². The van der Waals surface area contributed by atoms with Gasteiger partial charge in [-0.25, -0.2) is 76.2 Å². The highest BCUT2D eigenvalue weighted by Crippen LogP contribution is 2.50. The van der Waals surface area contributed by atoms with Crippen LogP contribution in [0.25, 0.3) is 44.7 Å². The fourth-order valence-corrected chi connectivity index (χ4v) is 20.4. The van der Waals surface area contributed by atoms with Crippen molar-refractivity contribution < 1.29 is 117 Å². The second-order valence-electron chi connectivity index (χ2n) is 36.1.